The summed E-state index contributed by atoms with van der Waals surface area (Å²) < 4.78 is 18.7. The van der Waals surface area contributed by atoms with Gasteiger partial charge in [0.25, 0.3) is 5.91 Å². The third kappa shape index (κ3) is 3.85. The van der Waals surface area contributed by atoms with Crippen LogP contribution in [0.5, 0.6) is 11.8 Å². The molecule has 3 aromatic rings. The van der Waals surface area contributed by atoms with E-state index >= 15 is 0 Å². The van der Waals surface area contributed by atoms with Gasteiger partial charge >= 0.3 is 6.01 Å². The predicted molar refractivity (Wildman–Crippen MR) is 87.9 cm³/mol. The Bertz CT molecular complexity index is 854. The van der Waals surface area contributed by atoms with Crippen LogP contribution in [0.1, 0.15) is 10.4 Å². The highest BCUT2D eigenvalue weighted by atomic mass is 35.5. The van der Waals surface area contributed by atoms with Gasteiger partial charge in [0, 0.05) is 10.6 Å². The number of rotatable bonds is 4. The Morgan fingerprint density at radius 1 is 1.04 bits per heavy atom. The molecule has 0 aliphatic rings. The van der Waals surface area contributed by atoms with Crippen LogP contribution < -0.4 is 10.1 Å². The van der Waals surface area contributed by atoms with E-state index in [2.05, 4.69) is 15.3 Å². The van der Waals surface area contributed by atoms with Gasteiger partial charge in [-0.1, -0.05) is 23.7 Å². The Morgan fingerprint density at radius 3 is 2.38 bits per heavy atom. The number of amides is 1. The van der Waals surface area contributed by atoms with Crippen molar-refractivity contribution in [1.29, 1.82) is 0 Å². The molecule has 2 aromatic carbocycles. The first-order chi connectivity index (χ1) is 11.6. The number of benzene rings is 2. The van der Waals surface area contributed by atoms with Crippen molar-refractivity contribution < 1.29 is 13.9 Å². The van der Waals surface area contributed by atoms with Crippen LogP contribution in [-0.2, 0) is 0 Å². The van der Waals surface area contributed by atoms with Gasteiger partial charge in [-0.15, -0.1) is 0 Å². The molecule has 1 amide bonds. The van der Waals surface area contributed by atoms with E-state index in [1.165, 1.54) is 24.5 Å². The fourth-order valence-corrected chi connectivity index (χ4v) is 1.99. The van der Waals surface area contributed by atoms with Crippen LogP contribution in [0.4, 0.5) is 10.1 Å². The Kier molecular flexibility index (Phi) is 4.67. The average Bonchev–Trinajstić information content (AvgIpc) is 2.59. The number of para-hydroxylation sites is 1. The second-order valence-electron chi connectivity index (χ2n) is 4.75. The van der Waals surface area contributed by atoms with Crippen molar-refractivity contribution in [2.24, 2.45) is 0 Å². The van der Waals surface area contributed by atoms with E-state index in [0.29, 0.717) is 16.3 Å². The van der Waals surface area contributed by atoms with Crippen LogP contribution >= 0.6 is 11.6 Å². The zero-order chi connectivity index (χ0) is 16.9. The lowest BCUT2D eigenvalue weighted by atomic mass is 10.2. The van der Waals surface area contributed by atoms with Gasteiger partial charge in [0.05, 0.1) is 18.1 Å². The van der Waals surface area contributed by atoms with Crippen LogP contribution in [-0.4, -0.2) is 15.9 Å². The number of carbonyl (C=O) groups is 1. The number of carbonyl (C=O) groups excluding carboxylic acids is 1. The number of ether oxygens (including phenoxy) is 1. The minimum atomic E-state index is -0.513. The van der Waals surface area contributed by atoms with Crippen molar-refractivity contribution in [3.63, 3.8) is 0 Å². The molecule has 120 valence electrons. The maximum atomic E-state index is 13.5. The minimum absolute atomic E-state index is 0.0235. The van der Waals surface area contributed by atoms with Crippen molar-refractivity contribution in [3.05, 3.63) is 77.3 Å². The summed E-state index contributed by atoms with van der Waals surface area (Å²) in [6, 6.07) is 12.4. The first-order valence-corrected chi connectivity index (χ1v) is 7.31. The summed E-state index contributed by atoms with van der Waals surface area (Å²) in [7, 11) is 0. The Balaban J connectivity index is 1.67. The Labute approximate surface area is 142 Å². The summed E-state index contributed by atoms with van der Waals surface area (Å²) in [6.07, 6.45) is 2.74. The summed E-state index contributed by atoms with van der Waals surface area (Å²) in [5.74, 6) is -0.810. The van der Waals surface area contributed by atoms with Crippen LogP contribution in [0.15, 0.2) is 60.9 Å². The van der Waals surface area contributed by atoms with E-state index in [0.717, 1.165) is 0 Å². The van der Waals surface area contributed by atoms with Gasteiger partial charge in [0.2, 0.25) is 0 Å². The zero-order valence-electron chi connectivity index (χ0n) is 12.2. The molecule has 0 aliphatic heterocycles. The number of nitrogens with zero attached hydrogens (tertiary/aromatic N) is 2. The predicted octanol–water partition coefficient (Wildman–Crippen LogP) is 4.31. The quantitative estimate of drug-likeness (QED) is 0.766. The Hall–Kier alpha value is -2.99. The molecule has 0 spiro atoms. The van der Waals surface area contributed by atoms with Gasteiger partial charge in [0.15, 0.2) is 11.6 Å². The van der Waals surface area contributed by atoms with E-state index < -0.39 is 5.82 Å². The topological polar surface area (TPSA) is 64.1 Å². The molecule has 0 atom stereocenters. The first-order valence-electron chi connectivity index (χ1n) is 6.93. The maximum Gasteiger partial charge on any atom is 0.322 e. The number of nitrogens with one attached hydrogen (secondary N) is 1. The molecule has 0 unspecified atom stereocenters. The number of halogens is 2. The van der Waals surface area contributed by atoms with Crippen LogP contribution in [0.3, 0.4) is 0 Å². The molecular formula is C17H11ClFN3O2. The SMILES string of the molecule is O=C(Nc1cnc(Oc2ccccc2F)nc1)c1ccc(Cl)cc1. The smallest absolute Gasteiger partial charge is 0.322 e. The second-order valence-corrected chi connectivity index (χ2v) is 5.18. The average molecular weight is 344 g/mol. The van der Waals surface area contributed by atoms with Crippen molar-refractivity contribution in [2.75, 3.05) is 5.32 Å². The highest BCUT2D eigenvalue weighted by molar-refractivity contribution is 6.30. The lowest BCUT2D eigenvalue weighted by Gasteiger charge is -2.07. The summed E-state index contributed by atoms with van der Waals surface area (Å²) >= 11 is 5.78. The van der Waals surface area contributed by atoms with Gasteiger partial charge in [-0.3, -0.25) is 4.79 Å². The van der Waals surface area contributed by atoms with Crippen LogP contribution in [0.2, 0.25) is 5.02 Å². The lowest BCUT2D eigenvalue weighted by molar-refractivity contribution is 0.102. The summed E-state index contributed by atoms with van der Waals surface area (Å²) in [4.78, 5) is 19.9. The monoisotopic (exact) mass is 343 g/mol. The van der Waals surface area contributed by atoms with Crippen molar-refractivity contribution >= 4 is 23.2 Å². The van der Waals surface area contributed by atoms with Gasteiger partial charge in [-0.05, 0) is 36.4 Å². The summed E-state index contributed by atoms with van der Waals surface area (Å²) in [6.45, 7) is 0. The van der Waals surface area contributed by atoms with E-state index in [1.54, 1.807) is 36.4 Å². The number of aromatic nitrogens is 2. The van der Waals surface area contributed by atoms with Gasteiger partial charge in [-0.2, -0.15) is 0 Å². The molecule has 0 saturated carbocycles. The fraction of sp³-hybridized carbons (Fsp3) is 0. The van der Waals surface area contributed by atoms with Crippen molar-refractivity contribution in [2.45, 2.75) is 0 Å². The summed E-state index contributed by atoms with van der Waals surface area (Å²) in [5, 5.41) is 3.19. The molecule has 0 bridgehead atoms. The molecule has 24 heavy (non-hydrogen) atoms. The van der Waals surface area contributed by atoms with Crippen LogP contribution in [0, 0.1) is 5.82 Å². The van der Waals surface area contributed by atoms with E-state index in [-0.39, 0.29) is 17.7 Å². The van der Waals surface area contributed by atoms with Gasteiger partial charge < -0.3 is 10.1 Å². The van der Waals surface area contributed by atoms with Gasteiger partial charge in [0.1, 0.15) is 0 Å². The molecular weight excluding hydrogens is 333 g/mol. The highest BCUT2D eigenvalue weighted by Gasteiger charge is 2.08. The maximum absolute atomic E-state index is 13.5. The minimum Gasteiger partial charge on any atom is -0.421 e. The second kappa shape index (κ2) is 7.06. The number of hydrogen-bond acceptors (Lipinski definition) is 4. The molecule has 0 aliphatic carbocycles. The van der Waals surface area contributed by atoms with E-state index in [1.807, 2.05) is 0 Å². The standard InChI is InChI=1S/C17H11ClFN3O2/c18-12-7-5-11(6-8-12)16(23)22-13-9-20-17(21-10-13)24-15-4-2-1-3-14(15)19/h1-10H,(H,22,23). The van der Waals surface area contributed by atoms with Crippen molar-refractivity contribution in [3.8, 4) is 11.8 Å². The molecule has 1 N–H and O–H groups in total. The van der Waals surface area contributed by atoms with Crippen molar-refractivity contribution in [1.82, 2.24) is 9.97 Å². The zero-order valence-corrected chi connectivity index (χ0v) is 13.0. The normalized spacial score (nSPS) is 10.2. The molecule has 0 saturated heterocycles. The van der Waals surface area contributed by atoms with E-state index in [9.17, 15) is 9.18 Å². The highest BCUT2D eigenvalue weighted by Crippen LogP contribution is 2.21. The number of hydrogen-bond donors (Lipinski definition) is 1. The number of anilines is 1. The van der Waals surface area contributed by atoms with Gasteiger partial charge in [-0.25, -0.2) is 14.4 Å². The molecule has 7 heteroatoms. The third-order valence-corrected chi connectivity index (χ3v) is 3.28. The van der Waals surface area contributed by atoms with E-state index in [4.69, 9.17) is 16.3 Å². The lowest BCUT2D eigenvalue weighted by Crippen LogP contribution is -2.12. The first kappa shape index (κ1) is 15.9. The third-order valence-electron chi connectivity index (χ3n) is 3.03. The fourth-order valence-electron chi connectivity index (χ4n) is 1.86. The Morgan fingerprint density at radius 2 is 1.71 bits per heavy atom. The summed E-state index contributed by atoms with van der Waals surface area (Å²) in [5.41, 5.74) is 0.835. The molecule has 0 fully saturated rings. The van der Waals surface area contributed by atoms with Crippen LogP contribution in [0.25, 0.3) is 0 Å². The molecule has 1 heterocycles. The molecule has 0 radical (unpaired) electrons. The molecule has 1 aromatic heterocycles. The molecule has 5 nitrogen and oxygen atoms in total. The largest absolute Gasteiger partial charge is 0.421 e. The molecule has 3 rings (SSSR count).